The fourth-order valence-corrected chi connectivity index (χ4v) is 6.67. The van der Waals surface area contributed by atoms with Gasteiger partial charge in [-0.1, -0.05) is 24.3 Å². The summed E-state index contributed by atoms with van der Waals surface area (Å²) in [6.07, 6.45) is 3.77. The second-order valence-electron chi connectivity index (χ2n) is 7.26. The van der Waals surface area contributed by atoms with E-state index < -0.39 is 0 Å². The predicted octanol–water partition coefficient (Wildman–Crippen LogP) is 6.80. The third kappa shape index (κ3) is 2.65. The molecule has 0 aliphatic heterocycles. The lowest BCUT2D eigenvalue weighted by atomic mass is 10.1. The van der Waals surface area contributed by atoms with E-state index in [0.29, 0.717) is 0 Å². The fraction of sp³-hybridized carbons (Fsp3) is 0.0833. The minimum Gasteiger partial charge on any atom is -0.252 e. The van der Waals surface area contributed by atoms with Crippen LogP contribution >= 0.6 is 22.7 Å². The average molecular weight is 425 g/mol. The SMILES string of the molecule is Cc1c(-c2cnc3ccccc3n2)sc2sc(-c3cnc4ccccc4n3)c(C)c12. The first kappa shape index (κ1) is 17.6. The Morgan fingerprint density at radius 3 is 1.47 bits per heavy atom. The van der Waals surface area contributed by atoms with Crippen LogP contribution in [-0.4, -0.2) is 19.9 Å². The highest BCUT2D eigenvalue weighted by atomic mass is 32.2. The van der Waals surface area contributed by atoms with E-state index in [4.69, 9.17) is 9.97 Å². The Kier molecular flexibility index (Phi) is 3.91. The molecule has 30 heavy (non-hydrogen) atoms. The van der Waals surface area contributed by atoms with Crippen molar-refractivity contribution in [2.75, 3.05) is 0 Å². The van der Waals surface area contributed by atoms with E-state index in [9.17, 15) is 0 Å². The van der Waals surface area contributed by atoms with E-state index >= 15 is 0 Å². The first-order valence-electron chi connectivity index (χ1n) is 9.66. The van der Waals surface area contributed by atoms with Gasteiger partial charge in [0.05, 0.1) is 59.6 Å². The van der Waals surface area contributed by atoms with E-state index in [-0.39, 0.29) is 0 Å². The van der Waals surface area contributed by atoms with Gasteiger partial charge in [-0.2, -0.15) is 0 Å². The molecule has 0 saturated heterocycles. The molecular weight excluding hydrogens is 408 g/mol. The summed E-state index contributed by atoms with van der Waals surface area (Å²) in [4.78, 5) is 21.3. The lowest BCUT2D eigenvalue weighted by Crippen LogP contribution is -1.89. The summed E-state index contributed by atoms with van der Waals surface area (Å²) >= 11 is 3.57. The predicted molar refractivity (Wildman–Crippen MR) is 126 cm³/mol. The summed E-state index contributed by atoms with van der Waals surface area (Å²) < 4.78 is 1.29. The number of hydrogen-bond acceptors (Lipinski definition) is 6. The number of rotatable bonds is 2. The van der Waals surface area contributed by atoms with Crippen molar-refractivity contribution in [3.05, 3.63) is 72.1 Å². The zero-order valence-corrected chi connectivity index (χ0v) is 18.0. The Balaban J connectivity index is 1.50. The quantitative estimate of drug-likeness (QED) is 0.307. The van der Waals surface area contributed by atoms with Crippen molar-refractivity contribution in [3.63, 3.8) is 0 Å². The topological polar surface area (TPSA) is 51.6 Å². The largest absolute Gasteiger partial charge is 0.252 e. The van der Waals surface area contributed by atoms with Gasteiger partial charge in [0, 0.05) is 5.39 Å². The van der Waals surface area contributed by atoms with Gasteiger partial charge in [0.1, 0.15) is 0 Å². The van der Waals surface area contributed by atoms with Gasteiger partial charge in [-0.25, -0.2) is 9.97 Å². The van der Waals surface area contributed by atoms with Gasteiger partial charge >= 0.3 is 0 Å². The average Bonchev–Trinajstić information content (AvgIpc) is 3.29. The van der Waals surface area contributed by atoms with Gasteiger partial charge in [-0.05, 0) is 49.2 Å². The van der Waals surface area contributed by atoms with Gasteiger partial charge in [0.15, 0.2) is 0 Å². The van der Waals surface area contributed by atoms with Crippen molar-refractivity contribution in [3.8, 4) is 21.1 Å². The van der Waals surface area contributed by atoms with Gasteiger partial charge in [-0.15, -0.1) is 22.7 Å². The molecule has 0 aliphatic carbocycles. The molecule has 0 unspecified atom stereocenters. The molecule has 0 bridgehead atoms. The van der Waals surface area contributed by atoms with Crippen LogP contribution in [0.25, 0.3) is 52.6 Å². The first-order chi connectivity index (χ1) is 14.7. The van der Waals surface area contributed by atoms with E-state index in [1.54, 1.807) is 22.7 Å². The van der Waals surface area contributed by atoms with Crippen LogP contribution in [0.4, 0.5) is 0 Å². The molecule has 4 heterocycles. The normalized spacial score (nSPS) is 11.7. The van der Waals surface area contributed by atoms with Crippen molar-refractivity contribution < 1.29 is 0 Å². The van der Waals surface area contributed by atoms with Crippen molar-refractivity contribution in [2.45, 2.75) is 13.8 Å². The van der Waals surface area contributed by atoms with Crippen LogP contribution in [0.3, 0.4) is 0 Å². The zero-order valence-electron chi connectivity index (χ0n) is 16.4. The molecule has 0 saturated carbocycles. The number of aryl methyl sites for hydroxylation is 2. The van der Waals surface area contributed by atoms with E-state index in [2.05, 4.69) is 23.8 Å². The zero-order chi connectivity index (χ0) is 20.2. The number of para-hydroxylation sites is 4. The summed E-state index contributed by atoms with van der Waals surface area (Å²) in [7, 11) is 0. The minimum atomic E-state index is 0.922. The molecule has 0 fully saturated rings. The van der Waals surface area contributed by atoms with E-state index in [1.165, 1.54) is 30.3 Å². The molecule has 4 aromatic heterocycles. The lowest BCUT2D eigenvalue weighted by Gasteiger charge is -2.04. The van der Waals surface area contributed by atoms with Crippen LogP contribution in [0, 0.1) is 13.8 Å². The van der Waals surface area contributed by atoms with Crippen LogP contribution in [0.2, 0.25) is 0 Å². The molecule has 0 radical (unpaired) electrons. The Bertz CT molecular complexity index is 1460. The molecule has 6 rings (SSSR count). The van der Waals surface area contributed by atoms with E-state index in [1.807, 2.05) is 60.9 Å². The minimum absolute atomic E-state index is 0.922. The molecule has 2 aromatic carbocycles. The number of hydrogen-bond donors (Lipinski definition) is 0. The summed E-state index contributed by atoms with van der Waals surface area (Å²) in [6, 6.07) is 16.0. The van der Waals surface area contributed by atoms with Crippen LogP contribution in [0.15, 0.2) is 60.9 Å². The second kappa shape index (κ2) is 6.65. The highest BCUT2D eigenvalue weighted by molar-refractivity contribution is 7.41. The summed E-state index contributed by atoms with van der Waals surface area (Å²) in [6.45, 7) is 4.36. The molecule has 6 heteroatoms. The third-order valence-electron chi connectivity index (χ3n) is 5.39. The molecule has 0 amide bonds. The monoisotopic (exact) mass is 424 g/mol. The Hall–Kier alpha value is -3.22. The molecule has 0 spiro atoms. The van der Waals surface area contributed by atoms with Gasteiger partial charge < -0.3 is 0 Å². The highest BCUT2D eigenvalue weighted by Gasteiger charge is 2.20. The molecule has 6 aromatic rings. The summed E-state index contributed by atoms with van der Waals surface area (Å²) in [5, 5.41) is 1.31. The Labute approximate surface area is 180 Å². The summed E-state index contributed by atoms with van der Waals surface area (Å²) in [5.41, 5.74) is 8.08. The third-order valence-corrected chi connectivity index (χ3v) is 8.11. The molecule has 0 N–H and O–H groups in total. The van der Waals surface area contributed by atoms with Crippen LogP contribution < -0.4 is 0 Å². The van der Waals surface area contributed by atoms with Gasteiger partial charge in [0.2, 0.25) is 0 Å². The molecule has 0 atom stereocenters. The first-order valence-corrected chi connectivity index (χ1v) is 11.3. The number of thiophene rings is 2. The van der Waals surface area contributed by atoms with Gasteiger partial charge in [-0.3, -0.25) is 9.97 Å². The molecule has 144 valence electrons. The maximum atomic E-state index is 4.86. The molecular formula is C24H16N4S2. The van der Waals surface area contributed by atoms with Gasteiger partial charge in [0.25, 0.3) is 0 Å². The van der Waals surface area contributed by atoms with Crippen molar-refractivity contribution in [1.29, 1.82) is 0 Å². The number of aromatic nitrogens is 4. The van der Waals surface area contributed by atoms with Crippen LogP contribution in [-0.2, 0) is 0 Å². The fourth-order valence-electron chi connectivity index (χ4n) is 3.90. The number of nitrogens with zero attached hydrogens (tertiary/aromatic N) is 4. The Morgan fingerprint density at radius 1 is 0.600 bits per heavy atom. The Morgan fingerprint density at radius 2 is 1.03 bits per heavy atom. The van der Waals surface area contributed by atoms with Crippen molar-refractivity contribution in [1.82, 2.24) is 19.9 Å². The van der Waals surface area contributed by atoms with Crippen LogP contribution in [0.5, 0.6) is 0 Å². The summed E-state index contributed by atoms with van der Waals surface area (Å²) in [5.74, 6) is 0. The maximum Gasteiger partial charge on any atom is 0.0996 e. The van der Waals surface area contributed by atoms with E-state index in [0.717, 1.165) is 33.5 Å². The molecule has 0 aliphatic rings. The highest BCUT2D eigenvalue weighted by Crippen LogP contribution is 2.47. The standard InChI is InChI=1S/C24H16N4S2/c1-13-21-14(2)23(20-12-26-16-8-4-6-10-18(16)28-20)30-24(21)29-22(13)19-11-25-15-7-3-5-9-17(15)27-19/h3-12H,1-2H3. The number of benzene rings is 2. The number of fused-ring (bicyclic) bond motifs is 3. The maximum absolute atomic E-state index is 4.86. The smallest absolute Gasteiger partial charge is 0.0996 e. The van der Waals surface area contributed by atoms with Crippen molar-refractivity contribution in [2.24, 2.45) is 0 Å². The second-order valence-corrected chi connectivity index (χ2v) is 9.56. The van der Waals surface area contributed by atoms with Crippen LogP contribution in [0.1, 0.15) is 11.1 Å². The van der Waals surface area contributed by atoms with Crippen molar-refractivity contribution >= 4 is 54.1 Å². The molecule has 4 nitrogen and oxygen atoms in total. The lowest BCUT2D eigenvalue weighted by molar-refractivity contribution is 1.29.